The second kappa shape index (κ2) is 6.86. The molecule has 136 valence electrons. The minimum Gasteiger partial charge on any atom is -0.315 e. The Morgan fingerprint density at radius 2 is 1.46 bits per heavy atom. The van der Waals surface area contributed by atoms with E-state index in [0.717, 1.165) is 11.4 Å². The first kappa shape index (κ1) is 16.6. The Morgan fingerprint density at radius 1 is 0.786 bits per heavy atom. The summed E-state index contributed by atoms with van der Waals surface area (Å²) in [4.78, 5) is 6.91. The normalized spacial score (nSPS) is 15.8. The van der Waals surface area contributed by atoms with Crippen molar-refractivity contribution >= 4 is 17.5 Å². The van der Waals surface area contributed by atoms with Gasteiger partial charge in [0.15, 0.2) is 0 Å². The average Bonchev–Trinajstić information content (AvgIpc) is 3.19. The minimum absolute atomic E-state index is 0.00000567. The Kier molecular flexibility index (Phi) is 4.06. The van der Waals surface area contributed by atoms with Crippen LogP contribution in [0, 0.1) is 6.92 Å². The average molecular weight is 363 g/mol. The van der Waals surface area contributed by atoms with Gasteiger partial charge in [-0.1, -0.05) is 72.8 Å². The van der Waals surface area contributed by atoms with Gasteiger partial charge in [-0.15, -0.1) is 0 Å². The van der Waals surface area contributed by atoms with Crippen LogP contribution in [-0.4, -0.2) is 9.55 Å². The molecule has 1 unspecified atom stereocenters. The van der Waals surface area contributed by atoms with Gasteiger partial charge in [0.1, 0.15) is 6.17 Å². The number of para-hydroxylation sites is 1. The lowest BCUT2D eigenvalue weighted by Crippen LogP contribution is -2.34. The molecule has 0 amide bonds. The summed E-state index contributed by atoms with van der Waals surface area (Å²) in [6.07, 6.45) is 6.34. The van der Waals surface area contributed by atoms with Crippen LogP contribution in [0.25, 0.3) is 11.8 Å². The third-order valence-corrected chi connectivity index (χ3v) is 5.19. The summed E-state index contributed by atoms with van der Waals surface area (Å²) in [5.74, 6) is 0. The molecule has 1 aromatic heterocycles. The summed E-state index contributed by atoms with van der Waals surface area (Å²) in [6.45, 7) is 2.03. The van der Waals surface area contributed by atoms with Crippen LogP contribution in [0.5, 0.6) is 0 Å². The molecule has 3 nitrogen and oxygen atoms in total. The first-order chi connectivity index (χ1) is 13.8. The van der Waals surface area contributed by atoms with E-state index in [2.05, 4.69) is 112 Å². The van der Waals surface area contributed by atoms with Gasteiger partial charge in [-0.2, -0.15) is 0 Å². The number of nitrogens with zero attached hydrogens (tertiary/aromatic N) is 3. The molecule has 0 saturated heterocycles. The molecule has 3 aromatic carbocycles. The van der Waals surface area contributed by atoms with Crippen LogP contribution >= 0.6 is 0 Å². The number of benzene rings is 3. The Morgan fingerprint density at radius 3 is 2.18 bits per heavy atom. The number of aromatic nitrogens is 2. The standard InChI is InChI=1S/C25H21N3/c1-19-17-27(18-26-19)25-23-15-9-8-12-21(23)16-24(20-10-4-2-5-11-20)28(25)22-13-6-3-7-14-22/h2-18,25H,1H3. The lowest BCUT2D eigenvalue weighted by Gasteiger charge is -2.40. The molecule has 5 rings (SSSR count). The Hall–Kier alpha value is -3.59. The van der Waals surface area contributed by atoms with Gasteiger partial charge in [-0.25, -0.2) is 4.98 Å². The van der Waals surface area contributed by atoms with Crippen molar-refractivity contribution in [1.82, 2.24) is 9.55 Å². The van der Waals surface area contributed by atoms with Crippen LogP contribution in [0.15, 0.2) is 97.5 Å². The third-order valence-electron chi connectivity index (χ3n) is 5.19. The topological polar surface area (TPSA) is 21.1 Å². The van der Waals surface area contributed by atoms with Crippen molar-refractivity contribution < 1.29 is 0 Å². The molecule has 1 atom stereocenters. The zero-order valence-corrected chi connectivity index (χ0v) is 15.7. The lowest BCUT2D eigenvalue weighted by molar-refractivity contribution is 0.590. The van der Waals surface area contributed by atoms with E-state index in [9.17, 15) is 0 Å². The van der Waals surface area contributed by atoms with Gasteiger partial charge in [0, 0.05) is 17.4 Å². The zero-order valence-electron chi connectivity index (χ0n) is 15.7. The van der Waals surface area contributed by atoms with E-state index in [1.54, 1.807) is 0 Å². The largest absolute Gasteiger partial charge is 0.315 e. The number of imidazole rings is 1. The van der Waals surface area contributed by atoms with Gasteiger partial charge in [0.05, 0.1) is 17.7 Å². The van der Waals surface area contributed by atoms with Crippen molar-refractivity contribution in [3.63, 3.8) is 0 Å². The summed E-state index contributed by atoms with van der Waals surface area (Å²) in [6, 6.07) is 29.8. The molecular formula is C25H21N3. The summed E-state index contributed by atoms with van der Waals surface area (Å²) in [7, 11) is 0. The van der Waals surface area contributed by atoms with Crippen LogP contribution in [0.3, 0.4) is 0 Å². The van der Waals surface area contributed by atoms with Crippen LogP contribution in [0.4, 0.5) is 5.69 Å². The Balaban J connectivity index is 1.79. The fourth-order valence-corrected chi connectivity index (χ4v) is 3.93. The molecule has 1 aliphatic rings. The smallest absolute Gasteiger partial charge is 0.138 e. The first-order valence-electron chi connectivity index (χ1n) is 9.52. The van der Waals surface area contributed by atoms with Crippen molar-refractivity contribution in [2.24, 2.45) is 0 Å². The molecule has 0 aliphatic carbocycles. The predicted molar refractivity (Wildman–Crippen MR) is 115 cm³/mol. The number of fused-ring (bicyclic) bond motifs is 1. The monoisotopic (exact) mass is 363 g/mol. The molecule has 1 aliphatic heterocycles. The molecule has 3 heteroatoms. The van der Waals surface area contributed by atoms with E-state index < -0.39 is 0 Å². The number of anilines is 1. The summed E-state index contributed by atoms with van der Waals surface area (Å²) < 4.78 is 2.21. The number of aryl methyl sites for hydroxylation is 1. The van der Waals surface area contributed by atoms with Crippen molar-refractivity contribution in [3.05, 3.63) is 120 Å². The Labute approximate surface area is 165 Å². The molecular weight excluding hydrogens is 342 g/mol. The first-order valence-corrected chi connectivity index (χ1v) is 9.52. The second-order valence-electron chi connectivity index (χ2n) is 7.07. The van der Waals surface area contributed by atoms with Crippen LogP contribution < -0.4 is 4.90 Å². The van der Waals surface area contributed by atoms with Crippen LogP contribution in [0.2, 0.25) is 0 Å². The van der Waals surface area contributed by atoms with Crippen LogP contribution in [-0.2, 0) is 0 Å². The number of hydrogen-bond donors (Lipinski definition) is 0. The Bertz CT molecular complexity index is 1130. The summed E-state index contributed by atoms with van der Waals surface area (Å²) in [5.41, 5.74) is 7.06. The van der Waals surface area contributed by atoms with E-state index in [1.807, 2.05) is 13.3 Å². The fourth-order valence-electron chi connectivity index (χ4n) is 3.93. The predicted octanol–water partition coefficient (Wildman–Crippen LogP) is 5.76. The molecule has 0 bridgehead atoms. The number of hydrogen-bond acceptors (Lipinski definition) is 2. The zero-order chi connectivity index (χ0) is 18.9. The highest BCUT2D eigenvalue weighted by Gasteiger charge is 2.31. The van der Waals surface area contributed by atoms with Gasteiger partial charge in [0.25, 0.3) is 0 Å². The highest BCUT2D eigenvalue weighted by Crippen LogP contribution is 2.42. The molecule has 2 heterocycles. The highest BCUT2D eigenvalue weighted by atomic mass is 15.3. The maximum Gasteiger partial charge on any atom is 0.138 e. The molecule has 0 radical (unpaired) electrons. The van der Waals surface area contributed by atoms with Gasteiger partial charge in [0.2, 0.25) is 0 Å². The third kappa shape index (κ3) is 2.81. The molecule has 0 N–H and O–H groups in total. The molecule has 0 fully saturated rings. The van der Waals surface area contributed by atoms with E-state index in [1.165, 1.54) is 22.4 Å². The fraction of sp³-hybridized carbons (Fsp3) is 0.0800. The maximum atomic E-state index is 4.51. The van der Waals surface area contributed by atoms with E-state index in [-0.39, 0.29) is 6.17 Å². The minimum atomic E-state index is 0.00000567. The van der Waals surface area contributed by atoms with E-state index >= 15 is 0 Å². The molecule has 0 spiro atoms. The van der Waals surface area contributed by atoms with Crippen molar-refractivity contribution in [1.29, 1.82) is 0 Å². The summed E-state index contributed by atoms with van der Waals surface area (Å²) in [5, 5.41) is 0. The van der Waals surface area contributed by atoms with Crippen molar-refractivity contribution in [3.8, 4) is 0 Å². The molecule has 4 aromatic rings. The lowest BCUT2D eigenvalue weighted by atomic mass is 9.94. The maximum absolute atomic E-state index is 4.51. The molecule has 0 saturated carbocycles. The quantitative estimate of drug-likeness (QED) is 0.462. The summed E-state index contributed by atoms with van der Waals surface area (Å²) >= 11 is 0. The van der Waals surface area contributed by atoms with E-state index in [4.69, 9.17) is 0 Å². The SMILES string of the molecule is Cc1cn(C2c3ccccc3C=C(c3ccccc3)N2c2ccccc2)cn1. The number of rotatable bonds is 3. The second-order valence-corrected chi connectivity index (χ2v) is 7.07. The van der Waals surface area contributed by atoms with Gasteiger partial charge < -0.3 is 9.47 Å². The van der Waals surface area contributed by atoms with Crippen molar-refractivity contribution in [2.45, 2.75) is 13.1 Å². The van der Waals surface area contributed by atoms with Gasteiger partial charge in [-0.3, -0.25) is 0 Å². The van der Waals surface area contributed by atoms with E-state index in [0.29, 0.717) is 0 Å². The van der Waals surface area contributed by atoms with Crippen LogP contribution in [0.1, 0.15) is 28.6 Å². The van der Waals surface area contributed by atoms with Gasteiger partial charge >= 0.3 is 0 Å². The highest BCUT2D eigenvalue weighted by molar-refractivity contribution is 5.93. The molecule has 28 heavy (non-hydrogen) atoms. The van der Waals surface area contributed by atoms with Gasteiger partial charge in [-0.05, 0) is 36.3 Å². The van der Waals surface area contributed by atoms with Crippen molar-refractivity contribution in [2.75, 3.05) is 4.90 Å².